The number of carbonyl (C=O) groups excluding carboxylic acids is 1. The number of amides is 1. The van der Waals surface area contributed by atoms with Gasteiger partial charge in [-0.05, 0) is 12.1 Å². The van der Waals surface area contributed by atoms with Crippen molar-refractivity contribution >= 4 is 17.5 Å². The van der Waals surface area contributed by atoms with E-state index in [1.54, 1.807) is 0 Å². The van der Waals surface area contributed by atoms with Crippen LogP contribution >= 0.6 is 11.6 Å². The lowest BCUT2D eigenvalue weighted by Gasteiger charge is -2.20. The Kier molecular flexibility index (Phi) is 3.85. The average Bonchev–Trinajstić information content (AvgIpc) is 2.77. The van der Waals surface area contributed by atoms with Gasteiger partial charge in [-0.2, -0.15) is 0 Å². The van der Waals surface area contributed by atoms with Crippen molar-refractivity contribution in [1.82, 2.24) is 5.32 Å². The summed E-state index contributed by atoms with van der Waals surface area (Å²) in [5.41, 5.74) is -0.991. The highest BCUT2D eigenvalue weighted by molar-refractivity contribution is 6.34. The second-order valence-electron chi connectivity index (χ2n) is 4.31. The molecule has 6 heteroatoms. The Morgan fingerprint density at radius 1 is 1.61 bits per heavy atom. The highest BCUT2D eigenvalue weighted by Crippen LogP contribution is 2.20. The van der Waals surface area contributed by atoms with Crippen molar-refractivity contribution in [3.63, 3.8) is 0 Å². The van der Waals surface area contributed by atoms with E-state index in [0.29, 0.717) is 13.0 Å². The van der Waals surface area contributed by atoms with Gasteiger partial charge in [0.2, 0.25) is 0 Å². The van der Waals surface area contributed by atoms with Gasteiger partial charge in [0, 0.05) is 19.6 Å². The summed E-state index contributed by atoms with van der Waals surface area (Å²) in [5.74, 6) is -1.16. The maximum atomic E-state index is 13.2. The molecule has 0 radical (unpaired) electrons. The molecule has 2 N–H and O–H groups in total. The van der Waals surface area contributed by atoms with Crippen LogP contribution in [0.2, 0.25) is 5.02 Å². The Morgan fingerprint density at radius 2 is 2.39 bits per heavy atom. The molecular formula is C12H13ClFNO3. The molecule has 98 valence electrons. The van der Waals surface area contributed by atoms with Gasteiger partial charge in [0.05, 0.1) is 17.2 Å². The fourth-order valence-corrected chi connectivity index (χ4v) is 1.97. The highest BCUT2D eigenvalue weighted by atomic mass is 35.5. The van der Waals surface area contributed by atoms with Gasteiger partial charge in [-0.15, -0.1) is 0 Å². The molecule has 1 saturated heterocycles. The Morgan fingerprint density at radius 3 is 3.06 bits per heavy atom. The molecule has 0 bridgehead atoms. The molecule has 18 heavy (non-hydrogen) atoms. The third-order valence-corrected chi connectivity index (χ3v) is 3.24. The standard InChI is InChI=1S/C12H13ClFNO3/c13-10-8(2-1-3-9(10)14)11(16)15-6-12(17)4-5-18-7-12/h1-3,17H,4-7H2,(H,15,16). The Hall–Kier alpha value is -1.17. The van der Waals surface area contributed by atoms with Crippen molar-refractivity contribution in [2.75, 3.05) is 19.8 Å². The quantitative estimate of drug-likeness (QED) is 0.874. The molecule has 1 aromatic rings. The highest BCUT2D eigenvalue weighted by Gasteiger charge is 2.32. The molecule has 2 rings (SSSR count). The van der Waals surface area contributed by atoms with E-state index in [1.807, 2.05) is 0 Å². The third-order valence-electron chi connectivity index (χ3n) is 2.86. The number of ether oxygens (including phenoxy) is 1. The van der Waals surface area contributed by atoms with Crippen LogP contribution in [-0.2, 0) is 4.74 Å². The van der Waals surface area contributed by atoms with E-state index in [9.17, 15) is 14.3 Å². The molecule has 1 amide bonds. The summed E-state index contributed by atoms with van der Waals surface area (Å²) in [6.45, 7) is 0.704. The smallest absolute Gasteiger partial charge is 0.253 e. The third kappa shape index (κ3) is 2.80. The first-order valence-electron chi connectivity index (χ1n) is 5.54. The van der Waals surface area contributed by atoms with Crippen LogP contribution in [-0.4, -0.2) is 36.4 Å². The van der Waals surface area contributed by atoms with E-state index in [1.165, 1.54) is 18.2 Å². The van der Waals surface area contributed by atoms with Crippen LogP contribution in [0.25, 0.3) is 0 Å². The van der Waals surface area contributed by atoms with Crippen LogP contribution in [0.3, 0.4) is 0 Å². The number of benzene rings is 1. The molecule has 1 fully saturated rings. The monoisotopic (exact) mass is 273 g/mol. The first-order valence-corrected chi connectivity index (χ1v) is 5.92. The molecule has 1 unspecified atom stereocenters. The molecule has 0 aliphatic carbocycles. The molecule has 0 spiro atoms. The molecular weight excluding hydrogens is 261 g/mol. The van der Waals surface area contributed by atoms with Crippen LogP contribution in [0.5, 0.6) is 0 Å². The average molecular weight is 274 g/mol. The summed E-state index contributed by atoms with van der Waals surface area (Å²) in [6, 6.07) is 4.01. The van der Waals surface area contributed by atoms with Crippen LogP contribution in [0.15, 0.2) is 18.2 Å². The fourth-order valence-electron chi connectivity index (χ4n) is 1.76. The van der Waals surface area contributed by atoms with Gasteiger partial charge in [0.1, 0.15) is 11.4 Å². The summed E-state index contributed by atoms with van der Waals surface area (Å²) in [6.07, 6.45) is 0.462. The van der Waals surface area contributed by atoms with Gasteiger partial charge in [0.15, 0.2) is 0 Å². The van der Waals surface area contributed by atoms with Crippen LogP contribution in [0.1, 0.15) is 16.8 Å². The van der Waals surface area contributed by atoms with E-state index in [4.69, 9.17) is 16.3 Å². The molecule has 1 atom stereocenters. The summed E-state index contributed by atoms with van der Waals surface area (Å²) in [4.78, 5) is 11.8. The summed E-state index contributed by atoms with van der Waals surface area (Å²) in [7, 11) is 0. The number of halogens is 2. The molecule has 1 heterocycles. The predicted octanol–water partition coefficient (Wildman–Crippen LogP) is 1.36. The van der Waals surface area contributed by atoms with Crippen molar-refractivity contribution in [3.8, 4) is 0 Å². The van der Waals surface area contributed by atoms with Gasteiger partial charge in [-0.25, -0.2) is 4.39 Å². The van der Waals surface area contributed by atoms with Gasteiger partial charge in [0.25, 0.3) is 5.91 Å². The molecule has 1 aliphatic rings. The van der Waals surface area contributed by atoms with Crippen molar-refractivity contribution in [2.24, 2.45) is 0 Å². The SMILES string of the molecule is O=C(NCC1(O)CCOC1)c1cccc(F)c1Cl. The first kappa shape index (κ1) is 13.3. The van der Waals surface area contributed by atoms with E-state index < -0.39 is 17.3 Å². The molecule has 0 saturated carbocycles. The lowest BCUT2D eigenvalue weighted by atomic mass is 10.0. The lowest BCUT2D eigenvalue weighted by molar-refractivity contribution is 0.0264. The van der Waals surface area contributed by atoms with Crippen LogP contribution in [0, 0.1) is 5.82 Å². The number of rotatable bonds is 3. The first-order chi connectivity index (χ1) is 8.52. The minimum Gasteiger partial charge on any atom is -0.386 e. The summed E-state index contributed by atoms with van der Waals surface area (Å²) >= 11 is 5.70. The van der Waals surface area contributed by atoms with Crippen LogP contribution < -0.4 is 5.32 Å². The van der Waals surface area contributed by atoms with E-state index >= 15 is 0 Å². The zero-order chi connectivity index (χ0) is 13.2. The predicted molar refractivity (Wildman–Crippen MR) is 64.1 cm³/mol. The topological polar surface area (TPSA) is 58.6 Å². The number of hydrogen-bond donors (Lipinski definition) is 2. The second-order valence-corrected chi connectivity index (χ2v) is 4.69. The molecule has 1 aromatic carbocycles. The van der Waals surface area contributed by atoms with Gasteiger partial charge in [-0.3, -0.25) is 4.79 Å². The lowest BCUT2D eigenvalue weighted by Crippen LogP contribution is -2.43. The normalized spacial score (nSPS) is 23.1. The van der Waals surface area contributed by atoms with Crippen molar-refractivity contribution < 1.29 is 19.0 Å². The van der Waals surface area contributed by atoms with E-state index in [0.717, 1.165) is 0 Å². The second kappa shape index (κ2) is 5.22. The number of nitrogens with one attached hydrogen (secondary N) is 1. The fraction of sp³-hybridized carbons (Fsp3) is 0.417. The summed E-state index contributed by atoms with van der Waals surface area (Å²) in [5, 5.41) is 12.3. The maximum absolute atomic E-state index is 13.2. The number of carbonyl (C=O) groups is 1. The van der Waals surface area contributed by atoms with Crippen molar-refractivity contribution in [3.05, 3.63) is 34.6 Å². The minimum absolute atomic E-state index is 0.0542. The van der Waals surface area contributed by atoms with Crippen molar-refractivity contribution in [2.45, 2.75) is 12.0 Å². The van der Waals surface area contributed by atoms with Crippen LogP contribution in [0.4, 0.5) is 4.39 Å². The Labute approximate surface area is 109 Å². The van der Waals surface area contributed by atoms with Gasteiger partial charge >= 0.3 is 0 Å². The van der Waals surface area contributed by atoms with E-state index in [-0.39, 0.29) is 23.7 Å². The maximum Gasteiger partial charge on any atom is 0.253 e. The molecule has 0 aromatic heterocycles. The summed E-state index contributed by atoms with van der Waals surface area (Å²) < 4.78 is 18.2. The number of hydrogen-bond acceptors (Lipinski definition) is 3. The minimum atomic E-state index is -1.05. The molecule has 1 aliphatic heterocycles. The van der Waals surface area contributed by atoms with Crippen molar-refractivity contribution in [1.29, 1.82) is 0 Å². The molecule has 4 nitrogen and oxygen atoms in total. The van der Waals surface area contributed by atoms with E-state index in [2.05, 4.69) is 5.32 Å². The largest absolute Gasteiger partial charge is 0.386 e. The van der Waals surface area contributed by atoms with Gasteiger partial charge in [-0.1, -0.05) is 17.7 Å². The number of aliphatic hydroxyl groups is 1. The Bertz CT molecular complexity index is 461. The Balaban J connectivity index is 2.01. The zero-order valence-corrected chi connectivity index (χ0v) is 10.3. The zero-order valence-electron chi connectivity index (χ0n) is 9.58. The van der Waals surface area contributed by atoms with Gasteiger partial charge < -0.3 is 15.2 Å².